The molecule has 6 nitrogen and oxygen atoms in total. The topological polar surface area (TPSA) is 84.5 Å². The minimum absolute atomic E-state index is 0.0916. The zero-order valence-corrected chi connectivity index (χ0v) is 17.5. The van der Waals surface area contributed by atoms with E-state index in [1.165, 1.54) is 31.4 Å². The summed E-state index contributed by atoms with van der Waals surface area (Å²) in [6.45, 7) is 7.09. The van der Waals surface area contributed by atoms with E-state index in [1.807, 2.05) is 6.92 Å². The Bertz CT molecular complexity index is 949. The normalized spacial score (nSPS) is 11.9. The van der Waals surface area contributed by atoms with Gasteiger partial charge < -0.3 is 10.1 Å². The number of rotatable bonds is 5. The molecular weight excluding hydrogens is 388 g/mol. The van der Waals surface area contributed by atoms with Gasteiger partial charge in [0.05, 0.1) is 17.7 Å². The zero-order chi connectivity index (χ0) is 20.4. The number of nitrogens with one attached hydrogen (secondary N) is 2. The Balaban J connectivity index is 2.23. The van der Waals surface area contributed by atoms with Crippen LogP contribution in [0.15, 0.2) is 41.3 Å². The highest BCUT2D eigenvalue weighted by Gasteiger charge is 2.22. The highest BCUT2D eigenvalue weighted by molar-refractivity contribution is 7.89. The number of ether oxygens (including phenoxy) is 1. The van der Waals surface area contributed by atoms with E-state index < -0.39 is 15.6 Å². The summed E-state index contributed by atoms with van der Waals surface area (Å²) in [6.07, 6.45) is 0. The van der Waals surface area contributed by atoms with E-state index in [0.717, 1.165) is 5.56 Å². The van der Waals surface area contributed by atoms with Crippen LogP contribution in [0.2, 0.25) is 5.02 Å². The van der Waals surface area contributed by atoms with Crippen molar-refractivity contribution >= 4 is 33.2 Å². The number of sulfonamides is 1. The molecule has 27 heavy (non-hydrogen) atoms. The van der Waals surface area contributed by atoms with Crippen molar-refractivity contribution in [2.45, 2.75) is 38.1 Å². The SMILES string of the molecule is COc1cc(Cl)c(C)cc1NC(=O)c1ccc(S(=O)(=O)NC(C)(C)C)cc1. The number of carbonyl (C=O) groups is 1. The third kappa shape index (κ3) is 5.45. The molecule has 0 bridgehead atoms. The summed E-state index contributed by atoms with van der Waals surface area (Å²) in [5, 5.41) is 3.29. The quantitative estimate of drug-likeness (QED) is 0.780. The van der Waals surface area contributed by atoms with Crippen LogP contribution >= 0.6 is 11.6 Å². The fraction of sp³-hybridized carbons (Fsp3) is 0.316. The number of halogens is 1. The van der Waals surface area contributed by atoms with E-state index in [2.05, 4.69) is 10.0 Å². The molecule has 0 saturated heterocycles. The number of amides is 1. The van der Waals surface area contributed by atoms with E-state index in [-0.39, 0.29) is 10.8 Å². The van der Waals surface area contributed by atoms with Crippen molar-refractivity contribution in [2.24, 2.45) is 0 Å². The van der Waals surface area contributed by atoms with Gasteiger partial charge in [0.2, 0.25) is 10.0 Å². The summed E-state index contributed by atoms with van der Waals surface area (Å²) in [7, 11) is -2.17. The molecular formula is C19H23ClN2O4S. The number of benzene rings is 2. The van der Waals surface area contributed by atoms with Gasteiger partial charge in [-0.3, -0.25) is 4.79 Å². The summed E-state index contributed by atoms with van der Waals surface area (Å²) < 4.78 is 32.5. The fourth-order valence-electron chi connectivity index (χ4n) is 2.37. The Morgan fingerprint density at radius 3 is 2.22 bits per heavy atom. The predicted octanol–water partition coefficient (Wildman–Crippen LogP) is 3.99. The minimum atomic E-state index is -3.66. The van der Waals surface area contributed by atoms with Crippen molar-refractivity contribution in [3.8, 4) is 5.75 Å². The molecule has 0 radical (unpaired) electrons. The lowest BCUT2D eigenvalue weighted by Crippen LogP contribution is -2.40. The smallest absolute Gasteiger partial charge is 0.255 e. The summed E-state index contributed by atoms with van der Waals surface area (Å²) in [5.41, 5.74) is 0.995. The second kappa shape index (κ2) is 7.88. The van der Waals surface area contributed by atoms with Crippen LogP contribution in [0.1, 0.15) is 36.7 Å². The van der Waals surface area contributed by atoms with Gasteiger partial charge in [0.1, 0.15) is 5.75 Å². The molecule has 0 fully saturated rings. The molecule has 2 N–H and O–H groups in total. The van der Waals surface area contributed by atoms with Crippen LogP contribution < -0.4 is 14.8 Å². The van der Waals surface area contributed by atoms with Crippen molar-refractivity contribution in [2.75, 3.05) is 12.4 Å². The Morgan fingerprint density at radius 1 is 1.11 bits per heavy atom. The van der Waals surface area contributed by atoms with Crippen molar-refractivity contribution < 1.29 is 17.9 Å². The summed E-state index contributed by atoms with van der Waals surface area (Å²) in [4.78, 5) is 12.6. The third-order valence-electron chi connectivity index (χ3n) is 3.60. The zero-order valence-electron chi connectivity index (χ0n) is 15.9. The molecule has 0 aromatic heterocycles. The summed E-state index contributed by atoms with van der Waals surface area (Å²) in [6, 6.07) is 9.05. The van der Waals surface area contributed by atoms with Crippen LogP contribution in [-0.4, -0.2) is 27.0 Å². The number of carbonyl (C=O) groups excluding carboxylic acids is 1. The Kier molecular flexibility index (Phi) is 6.19. The van der Waals surface area contributed by atoms with E-state index >= 15 is 0 Å². The van der Waals surface area contributed by atoms with E-state index in [9.17, 15) is 13.2 Å². The molecule has 8 heteroatoms. The van der Waals surface area contributed by atoms with Crippen LogP contribution in [0.4, 0.5) is 5.69 Å². The highest BCUT2D eigenvalue weighted by Crippen LogP contribution is 2.31. The molecule has 0 aliphatic rings. The van der Waals surface area contributed by atoms with Crippen LogP contribution in [0.3, 0.4) is 0 Å². The molecule has 0 aliphatic carbocycles. The molecule has 2 aromatic rings. The summed E-state index contributed by atoms with van der Waals surface area (Å²) >= 11 is 6.07. The maximum atomic E-state index is 12.5. The van der Waals surface area contributed by atoms with Crippen molar-refractivity contribution in [3.63, 3.8) is 0 Å². The largest absolute Gasteiger partial charge is 0.495 e. The standard InChI is InChI=1S/C19H23ClN2O4S/c1-12-10-16(17(26-5)11-15(12)20)21-18(23)13-6-8-14(9-7-13)27(24,25)22-19(2,3)4/h6-11,22H,1-5H3,(H,21,23). The lowest BCUT2D eigenvalue weighted by Gasteiger charge is -2.20. The number of methoxy groups -OCH3 is 1. The lowest BCUT2D eigenvalue weighted by atomic mass is 10.1. The van der Waals surface area contributed by atoms with Crippen molar-refractivity contribution in [1.29, 1.82) is 0 Å². The fourth-order valence-corrected chi connectivity index (χ4v) is 3.94. The van der Waals surface area contributed by atoms with Crippen molar-refractivity contribution in [3.05, 3.63) is 52.5 Å². The van der Waals surface area contributed by atoms with Gasteiger partial charge in [0.15, 0.2) is 0 Å². The second-order valence-corrected chi connectivity index (χ2v) is 9.23. The molecule has 0 unspecified atom stereocenters. The molecule has 1 amide bonds. The maximum absolute atomic E-state index is 12.5. The van der Waals surface area contributed by atoms with Gasteiger partial charge in [-0.2, -0.15) is 0 Å². The number of hydrogen-bond donors (Lipinski definition) is 2. The lowest BCUT2D eigenvalue weighted by molar-refractivity contribution is 0.102. The van der Waals surface area contributed by atoms with Crippen molar-refractivity contribution in [1.82, 2.24) is 4.72 Å². The van der Waals surface area contributed by atoms with Gasteiger partial charge >= 0.3 is 0 Å². The van der Waals surface area contributed by atoms with Gasteiger partial charge in [-0.25, -0.2) is 13.1 Å². The number of anilines is 1. The Morgan fingerprint density at radius 2 is 1.70 bits per heavy atom. The van der Waals surface area contributed by atoms with Gasteiger partial charge in [0, 0.05) is 22.2 Å². The van der Waals surface area contributed by atoms with E-state index in [1.54, 1.807) is 32.9 Å². The second-order valence-electron chi connectivity index (χ2n) is 7.14. The third-order valence-corrected chi connectivity index (χ3v) is 5.78. The van der Waals surface area contributed by atoms with Crippen LogP contribution in [0, 0.1) is 6.92 Å². The van der Waals surface area contributed by atoms with Gasteiger partial charge in [-0.05, 0) is 63.6 Å². The summed E-state index contributed by atoms with van der Waals surface area (Å²) in [5.74, 6) is 0.0512. The molecule has 0 atom stereocenters. The van der Waals surface area contributed by atoms with Crippen LogP contribution in [-0.2, 0) is 10.0 Å². The first-order valence-electron chi connectivity index (χ1n) is 8.22. The monoisotopic (exact) mass is 410 g/mol. The predicted molar refractivity (Wildman–Crippen MR) is 107 cm³/mol. The molecule has 0 spiro atoms. The molecule has 146 valence electrons. The molecule has 0 saturated carbocycles. The first kappa shape index (κ1) is 21.2. The van der Waals surface area contributed by atoms with Gasteiger partial charge in [0.25, 0.3) is 5.91 Å². The average Bonchev–Trinajstić information content (AvgIpc) is 2.56. The Labute approximate surface area is 164 Å². The minimum Gasteiger partial charge on any atom is -0.495 e. The van der Waals surface area contributed by atoms with Gasteiger partial charge in [-0.1, -0.05) is 11.6 Å². The molecule has 2 rings (SSSR count). The number of hydrogen-bond acceptors (Lipinski definition) is 4. The first-order valence-corrected chi connectivity index (χ1v) is 10.1. The number of aryl methyl sites for hydroxylation is 1. The maximum Gasteiger partial charge on any atom is 0.255 e. The van der Waals surface area contributed by atoms with Crippen LogP contribution in [0.5, 0.6) is 5.75 Å². The van der Waals surface area contributed by atoms with Crippen LogP contribution in [0.25, 0.3) is 0 Å². The Hall–Kier alpha value is -2.09. The molecule has 0 heterocycles. The molecule has 0 aliphatic heterocycles. The first-order chi connectivity index (χ1) is 12.4. The van der Waals surface area contributed by atoms with E-state index in [4.69, 9.17) is 16.3 Å². The van der Waals surface area contributed by atoms with Gasteiger partial charge in [-0.15, -0.1) is 0 Å². The average molecular weight is 411 g/mol. The van der Waals surface area contributed by atoms with E-state index in [0.29, 0.717) is 22.0 Å². The molecule has 2 aromatic carbocycles. The highest BCUT2D eigenvalue weighted by atomic mass is 35.5.